The second-order valence-electron chi connectivity index (χ2n) is 3.61. The molecule has 0 fully saturated rings. The largest absolute Gasteiger partial charge is 0.368 e. The number of aryl methyl sites for hydroxylation is 2. The van der Waals surface area contributed by atoms with Crippen LogP contribution in [0.2, 0.25) is 0 Å². The van der Waals surface area contributed by atoms with Crippen molar-refractivity contribution >= 4 is 23.1 Å². The normalized spacial score (nSPS) is 10.4. The molecule has 0 aliphatic carbocycles. The number of nitrogens with one attached hydrogen (secondary N) is 1. The second kappa shape index (κ2) is 4.49. The number of rotatable bonds is 3. The molecular formula is C11H14N4S. The van der Waals surface area contributed by atoms with Crippen molar-refractivity contribution < 1.29 is 0 Å². The van der Waals surface area contributed by atoms with Crippen LogP contribution in [0.25, 0.3) is 0 Å². The third-order valence-corrected chi connectivity index (χ3v) is 3.49. The van der Waals surface area contributed by atoms with Crippen molar-refractivity contribution in [3.05, 3.63) is 33.6 Å². The summed E-state index contributed by atoms with van der Waals surface area (Å²) in [5.74, 6) is 1.06. The Bertz CT molecular complexity index is 473. The topological polar surface area (TPSA) is 63.8 Å². The third-order valence-electron chi connectivity index (χ3n) is 2.33. The van der Waals surface area contributed by atoms with E-state index in [0.717, 1.165) is 12.4 Å². The standard InChI is InChI=1S/C11H14N4S/c1-7-5-9(16-8(7)2)6-14-10-3-4-13-11(12)15-10/h3-5H,6H2,1-2H3,(H3,12,13,14,15). The molecule has 0 radical (unpaired) electrons. The molecular weight excluding hydrogens is 220 g/mol. The molecule has 0 bridgehead atoms. The van der Waals surface area contributed by atoms with Crippen LogP contribution >= 0.6 is 11.3 Å². The number of thiophene rings is 1. The van der Waals surface area contributed by atoms with Crippen molar-refractivity contribution in [2.24, 2.45) is 0 Å². The highest BCUT2D eigenvalue weighted by Crippen LogP contribution is 2.21. The number of nitrogens with zero attached hydrogens (tertiary/aromatic N) is 2. The first-order valence-electron chi connectivity index (χ1n) is 5.03. The van der Waals surface area contributed by atoms with Crippen molar-refractivity contribution in [3.8, 4) is 0 Å². The number of anilines is 2. The molecule has 0 atom stereocenters. The van der Waals surface area contributed by atoms with E-state index in [1.165, 1.54) is 15.3 Å². The molecule has 2 aromatic rings. The zero-order valence-electron chi connectivity index (χ0n) is 9.32. The minimum absolute atomic E-state index is 0.295. The Kier molecular flexibility index (Phi) is 3.05. The van der Waals surface area contributed by atoms with E-state index in [0.29, 0.717) is 5.95 Å². The summed E-state index contributed by atoms with van der Waals surface area (Å²) in [5.41, 5.74) is 6.83. The van der Waals surface area contributed by atoms with E-state index < -0.39 is 0 Å². The predicted molar refractivity (Wildman–Crippen MR) is 67.6 cm³/mol. The molecule has 2 heterocycles. The first kappa shape index (κ1) is 10.9. The van der Waals surface area contributed by atoms with Crippen LogP contribution in [0.5, 0.6) is 0 Å². The van der Waals surface area contributed by atoms with Crippen molar-refractivity contribution in [2.45, 2.75) is 20.4 Å². The van der Waals surface area contributed by atoms with Crippen LogP contribution in [0, 0.1) is 13.8 Å². The van der Waals surface area contributed by atoms with Crippen molar-refractivity contribution in [3.63, 3.8) is 0 Å². The smallest absolute Gasteiger partial charge is 0.221 e. The highest BCUT2D eigenvalue weighted by atomic mass is 32.1. The number of aromatic nitrogens is 2. The van der Waals surface area contributed by atoms with Gasteiger partial charge in [0.2, 0.25) is 5.95 Å². The van der Waals surface area contributed by atoms with E-state index in [9.17, 15) is 0 Å². The van der Waals surface area contributed by atoms with Crippen molar-refractivity contribution in [1.82, 2.24) is 9.97 Å². The van der Waals surface area contributed by atoms with Gasteiger partial charge in [-0.1, -0.05) is 0 Å². The molecule has 2 rings (SSSR count). The van der Waals surface area contributed by atoms with Gasteiger partial charge in [0.1, 0.15) is 5.82 Å². The minimum atomic E-state index is 0.295. The van der Waals surface area contributed by atoms with Gasteiger partial charge in [0.05, 0.1) is 6.54 Å². The number of nitrogen functional groups attached to an aromatic ring is 1. The van der Waals surface area contributed by atoms with E-state index in [1.807, 2.05) is 6.07 Å². The quantitative estimate of drug-likeness (QED) is 0.855. The third kappa shape index (κ3) is 2.49. The van der Waals surface area contributed by atoms with Gasteiger partial charge in [0.15, 0.2) is 0 Å². The first-order valence-corrected chi connectivity index (χ1v) is 5.85. The fourth-order valence-electron chi connectivity index (χ4n) is 1.39. The number of hydrogen-bond donors (Lipinski definition) is 2. The van der Waals surface area contributed by atoms with Crippen LogP contribution in [0.15, 0.2) is 18.3 Å². The summed E-state index contributed by atoms with van der Waals surface area (Å²) in [6, 6.07) is 4.00. The van der Waals surface area contributed by atoms with E-state index in [1.54, 1.807) is 17.5 Å². The minimum Gasteiger partial charge on any atom is -0.368 e. The summed E-state index contributed by atoms with van der Waals surface area (Å²) in [4.78, 5) is 10.6. The first-order chi connectivity index (χ1) is 7.65. The molecule has 5 heteroatoms. The molecule has 0 saturated carbocycles. The Morgan fingerprint density at radius 1 is 1.44 bits per heavy atom. The fraction of sp³-hybridized carbons (Fsp3) is 0.273. The van der Waals surface area contributed by atoms with Gasteiger partial charge in [-0.25, -0.2) is 4.98 Å². The van der Waals surface area contributed by atoms with Crippen LogP contribution in [0.4, 0.5) is 11.8 Å². The zero-order valence-corrected chi connectivity index (χ0v) is 10.1. The Morgan fingerprint density at radius 2 is 2.25 bits per heavy atom. The SMILES string of the molecule is Cc1cc(CNc2ccnc(N)n2)sc1C. The summed E-state index contributed by atoms with van der Waals surface area (Å²) in [5, 5.41) is 3.22. The van der Waals surface area contributed by atoms with E-state index in [4.69, 9.17) is 5.73 Å². The van der Waals surface area contributed by atoms with Gasteiger partial charge in [0, 0.05) is 16.0 Å². The monoisotopic (exact) mass is 234 g/mol. The summed E-state index contributed by atoms with van der Waals surface area (Å²) < 4.78 is 0. The predicted octanol–water partition coefficient (Wildman–Crippen LogP) is 2.35. The molecule has 3 N–H and O–H groups in total. The van der Waals surface area contributed by atoms with Gasteiger partial charge in [-0.2, -0.15) is 4.98 Å². The molecule has 16 heavy (non-hydrogen) atoms. The Labute approximate surface area is 98.6 Å². The molecule has 0 unspecified atom stereocenters. The van der Waals surface area contributed by atoms with Crippen LogP contribution in [0.1, 0.15) is 15.3 Å². The molecule has 2 aromatic heterocycles. The zero-order chi connectivity index (χ0) is 11.5. The van der Waals surface area contributed by atoms with Crippen LogP contribution < -0.4 is 11.1 Å². The lowest BCUT2D eigenvalue weighted by atomic mass is 10.3. The number of hydrogen-bond acceptors (Lipinski definition) is 5. The lowest BCUT2D eigenvalue weighted by Gasteiger charge is -2.03. The molecule has 0 aliphatic rings. The van der Waals surface area contributed by atoms with E-state index in [2.05, 4.69) is 35.2 Å². The average Bonchev–Trinajstić information content (AvgIpc) is 2.56. The van der Waals surface area contributed by atoms with Crippen LogP contribution in [0.3, 0.4) is 0 Å². The van der Waals surface area contributed by atoms with Crippen molar-refractivity contribution in [1.29, 1.82) is 0 Å². The molecule has 0 aromatic carbocycles. The lowest BCUT2D eigenvalue weighted by Crippen LogP contribution is -2.02. The van der Waals surface area contributed by atoms with E-state index >= 15 is 0 Å². The second-order valence-corrected chi connectivity index (χ2v) is 4.95. The Hall–Kier alpha value is -1.62. The Morgan fingerprint density at radius 3 is 2.88 bits per heavy atom. The van der Waals surface area contributed by atoms with Crippen LogP contribution in [-0.2, 0) is 6.54 Å². The average molecular weight is 234 g/mol. The van der Waals surface area contributed by atoms with Gasteiger partial charge in [0.25, 0.3) is 0 Å². The maximum atomic E-state index is 5.50. The van der Waals surface area contributed by atoms with Gasteiger partial charge in [-0.3, -0.25) is 0 Å². The summed E-state index contributed by atoms with van der Waals surface area (Å²) >= 11 is 1.80. The van der Waals surface area contributed by atoms with Crippen molar-refractivity contribution in [2.75, 3.05) is 11.1 Å². The highest BCUT2D eigenvalue weighted by Gasteiger charge is 2.02. The molecule has 4 nitrogen and oxygen atoms in total. The summed E-state index contributed by atoms with van der Waals surface area (Å²) in [7, 11) is 0. The Balaban J connectivity index is 2.02. The molecule has 0 spiro atoms. The summed E-state index contributed by atoms with van der Waals surface area (Å²) in [6.07, 6.45) is 1.65. The van der Waals surface area contributed by atoms with Gasteiger partial charge in [-0.05, 0) is 31.5 Å². The molecule has 0 amide bonds. The summed E-state index contributed by atoms with van der Waals surface area (Å²) in [6.45, 7) is 5.03. The fourth-order valence-corrected chi connectivity index (χ4v) is 2.38. The van der Waals surface area contributed by atoms with Crippen LogP contribution in [-0.4, -0.2) is 9.97 Å². The molecule has 0 saturated heterocycles. The lowest BCUT2D eigenvalue weighted by molar-refractivity contribution is 1.11. The van der Waals surface area contributed by atoms with Gasteiger partial charge in [-0.15, -0.1) is 11.3 Å². The highest BCUT2D eigenvalue weighted by molar-refractivity contribution is 7.12. The van der Waals surface area contributed by atoms with Gasteiger partial charge >= 0.3 is 0 Å². The molecule has 0 aliphatic heterocycles. The number of nitrogens with two attached hydrogens (primary N) is 1. The maximum Gasteiger partial charge on any atom is 0.221 e. The maximum absolute atomic E-state index is 5.50. The van der Waals surface area contributed by atoms with E-state index in [-0.39, 0.29) is 0 Å². The van der Waals surface area contributed by atoms with Gasteiger partial charge < -0.3 is 11.1 Å². The molecule has 84 valence electrons.